The van der Waals surface area contributed by atoms with Gasteiger partial charge in [0.2, 0.25) is 5.91 Å². The highest BCUT2D eigenvalue weighted by Crippen LogP contribution is 2.15. The molecule has 0 aromatic heterocycles. The Morgan fingerprint density at radius 1 is 1.44 bits per heavy atom. The summed E-state index contributed by atoms with van der Waals surface area (Å²) in [5.41, 5.74) is 2.13. The number of rotatable bonds is 3. The number of nitrogens with one attached hydrogen (secondary N) is 1. The Balaban J connectivity index is 1.93. The number of carbonyl (C=O) groups is 1. The monoisotopic (exact) mass is 248 g/mol. The highest BCUT2D eigenvalue weighted by atomic mass is 16.5. The summed E-state index contributed by atoms with van der Waals surface area (Å²) in [6.45, 7) is 4.22. The number of benzene rings is 1. The highest BCUT2D eigenvalue weighted by molar-refractivity contribution is 5.93. The van der Waals surface area contributed by atoms with Crippen LogP contribution >= 0.6 is 0 Å². The van der Waals surface area contributed by atoms with Gasteiger partial charge in [-0.3, -0.25) is 4.79 Å². The molecule has 4 nitrogen and oxygen atoms in total. The second kappa shape index (κ2) is 5.98. The van der Waals surface area contributed by atoms with Crippen LogP contribution < -0.4 is 10.2 Å². The van der Waals surface area contributed by atoms with E-state index in [1.165, 1.54) is 5.56 Å². The van der Waals surface area contributed by atoms with Crippen LogP contribution in [0, 0.1) is 6.92 Å². The third-order valence-corrected chi connectivity index (χ3v) is 3.21. The first kappa shape index (κ1) is 13.1. The molecule has 1 aliphatic rings. The van der Waals surface area contributed by atoms with E-state index in [9.17, 15) is 4.79 Å². The predicted molar refractivity (Wildman–Crippen MR) is 71.8 cm³/mol. The van der Waals surface area contributed by atoms with E-state index in [0.717, 1.165) is 18.8 Å². The summed E-state index contributed by atoms with van der Waals surface area (Å²) >= 11 is 0. The van der Waals surface area contributed by atoms with Crippen LogP contribution in [0.1, 0.15) is 12.0 Å². The topological polar surface area (TPSA) is 41.6 Å². The zero-order chi connectivity index (χ0) is 13.0. The Bertz CT molecular complexity index is 397. The van der Waals surface area contributed by atoms with Crippen LogP contribution in [0.5, 0.6) is 0 Å². The molecule has 98 valence electrons. The number of carbonyl (C=O) groups excluding carboxylic acids is 1. The van der Waals surface area contributed by atoms with Crippen molar-refractivity contribution in [3.8, 4) is 0 Å². The Labute approximate surface area is 108 Å². The Morgan fingerprint density at radius 3 is 2.78 bits per heavy atom. The fourth-order valence-corrected chi connectivity index (χ4v) is 2.01. The number of nitrogens with zero attached hydrogens (tertiary/aromatic N) is 1. The molecule has 0 spiro atoms. The summed E-state index contributed by atoms with van der Waals surface area (Å²) in [7, 11) is 1.82. The molecule has 1 unspecified atom stereocenters. The molecule has 0 bridgehead atoms. The lowest BCUT2D eigenvalue weighted by molar-refractivity contribution is -0.119. The smallest absolute Gasteiger partial charge is 0.228 e. The third kappa shape index (κ3) is 3.31. The molecule has 0 radical (unpaired) electrons. The van der Waals surface area contributed by atoms with Gasteiger partial charge in [-0.2, -0.15) is 0 Å². The summed E-state index contributed by atoms with van der Waals surface area (Å²) in [4.78, 5) is 13.8. The molecular formula is C14H20N2O2. The largest absolute Gasteiger partial charge is 0.378 e. The number of ether oxygens (including phenoxy) is 1. The molecule has 1 atom stereocenters. The normalized spacial score (nSPS) is 19.6. The van der Waals surface area contributed by atoms with Gasteiger partial charge in [-0.25, -0.2) is 0 Å². The van der Waals surface area contributed by atoms with Crippen molar-refractivity contribution in [2.75, 3.05) is 31.7 Å². The average molecular weight is 248 g/mol. The second-order valence-electron chi connectivity index (χ2n) is 4.72. The summed E-state index contributed by atoms with van der Waals surface area (Å²) in [5, 5.41) is 3.29. The molecule has 2 rings (SSSR count). The minimum Gasteiger partial charge on any atom is -0.378 e. The zero-order valence-electron chi connectivity index (χ0n) is 11.0. The summed E-state index contributed by atoms with van der Waals surface area (Å²) in [5.74, 6) is 0.113. The second-order valence-corrected chi connectivity index (χ2v) is 4.72. The lowest BCUT2D eigenvalue weighted by Crippen LogP contribution is -2.44. The molecule has 18 heavy (non-hydrogen) atoms. The fraction of sp³-hybridized carbons (Fsp3) is 0.500. The van der Waals surface area contributed by atoms with Crippen molar-refractivity contribution in [2.45, 2.75) is 19.4 Å². The molecule has 1 N–H and O–H groups in total. The summed E-state index contributed by atoms with van der Waals surface area (Å²) < 4.78 is 5.35. The van der Waals surface area contributed by atoms with Gasteiger partial charge in [-0.05, 0) is 19.1 Å². The van der Waals surface area contributed by atoms with Crippen LogP contribution in [0.15, 0.2) is 24.3 Å². The molecule has 1 aliphatic heterocycles. The molecular weight excluding hydrogens is 228 g/mol. The highest BCUT2D eigenvalue weighted by Gasteiger charge is 2.19. The van der Waals surface area contributed by atoms with Gasteiger partial charge in [0.05, 0.1) is 13.2 Å². The quantitative estimate of drug-likeness (QED) is 0.877. The molecule has 0 saturated carbocycles. The van der Waals surface area contributed by atoms with Gasteiger partial charge >= 0.3 is 0 Å². The molecule has 1 aromatic carbocycles. The summed E-state index contributed by atoms with van der Waals surface area (Å²) in [6, 6.07) is 8.11. The van der Waals surface area contributed by atoms with Gasteiger partial charge in [0.1, 0.15) is 0 Å². The van der Waals surface area contributed by atoms with E-state index in [2.05, 4.69) is 5.32 Å². The van der Waals surface area contributed by atoms with Gasteiger partial charge in [0.25, 0.3) is 0 Å². The van der Waals surface area contributed by atoms with E-state index in [4.69, 9.17) is 4.74 Å². The van der Waals surface area contributed by atoms with E-state index < -0.39 is 0 Å². The van der Waals surface area contributed by atoms with Crippen molar-refractivity contribution in [3.05, 3.63) is 29.8 Å². The van der Waals surface area contributed by atoms with Crippen molar-refractivity contribution in [1.82, 2.24) is 5.32 Å². The standard InChI is InChI=1S/C14H20N2O2/c1-11-3-5-13(6-4-11)16(2)14(17)9-12-10-18-8-7-15-12/h3-6,12,15H,7-10H2,1-2H3. The first-order valence-electron chi connectivity index (χ1n) is 6.31. The van der Waals surface area contributed by atoms with Gasteiger partial charge in [0, 0.05) is 31.7 Å². The molecule has 1 saturated heterocycles. The van der Waals surface area contributed by atoms with Crippen molar-refractivity contribution in [2.24, 2.45) is 0 Å². The lowest BCUT2D eigenvalue weighted by Gasteiger charge is -2.25. The lowest BCUT2D eigenvalue weighted by atomic mass is 10.1. The number of amides is 1. The molecule has 1 aromatic rings. The SMILES string of the molecule is Cc1ccc(N(C)C(=O)CC2COCCN2)cc1. The van der Waals surface area contributed by atoms with E-state index in [-0.39, 0.29) is 11.9 Å². The molecule has 4 heteroatoms. The molecule has 1 heterocycles. The van der Waals surface area contributed by atoms with E-state index >= 15 is 0 Å². The van der Waals surface area contributed by atoms with E-state index in [1.54, 1.807) is 4.90 Å². The third-order valence-electron chi connectivity index (χ3n) is 3.21. The van der Waals surface area contributed by atoms with Crippen molar-refractivity contribution < 1.29 is 9.53 Å². The minimum atomic E-state index is 0.113. The Morgan fingerprint density at radius 2 is 2.17 bits per heavy atom. The van der Waals surface area contributed by atoms with E-state index in [0.29, 0.717) is 13.0 Å². The van der Waals surface area contributed by atoms with Crippen LogP contribution in [0.2, 0.25) is 0 Å². The number of aryl methyl sites for hydroxylation is 1. The molecule has 1 fully saturated rings. The van der Waals surface area contributed by atoms with Gasteiger partial charge < -0.3 is 15.0 Å². The van der Waals surface area contributed by atoms with Crippen LogP contribution in [0.4, 0.5) is 5.69 Å². The van der Waals surface area contributed by atoms with Crippen LogP contribution in [-0.2, 0) is 9.53 Å². The van der Waals surface area contributed by atoms with Crippen molar-refractivity contribution in [1.29, 1.82) is 0 Å². The summed E-state index contributed by atoms with van der Waals surface area (Å²) in [6.07, 6.45) is 0.477. The van der Waals surface area contributed by atoms with E-state index in [1.807, 2.05) is 38.2 Å². The maximum atomic E-state index is 12.1. The minimum absolute atomic E-state index is 0.113. The van der Waals surface area contributed by atoms with Crippen LogP contribution in [-0.4, -0.2) is 38.8 Å². The number of anilines is 1. The number of hydrogen-bond donors (Lipinski definition) is 1. The van der Waals surface area contributed by atoms with Crippen LogP contribution in [0.25, 0.3) is 0 Å². The molecule has 1 amide bonds. The van der Waals surface area contributed by atoms with Crippen molar-refractivity contribution in [3.63, 3.8) is 0 Å². The van der Waals surface area contributed by atoms with Gasteiger partial charge in [-0.1, -0.05) is 17.7 Å². The maximum absolute atomic E-state index is 12.1. The maximum Gasteiger partial charge on any atom is 0.228 e. The van der Waals surface area contributed by atoms with Crippen molar-refractivity contribution >= 4 is 11.6 Å². The zero-order valence-corrected chi connectivity index (χ0v) is 11.0. The van der Waals surface area contributed by atoms with Gasteiger partial charge in [0.15, 0.2) is 0 Å². The average Bonchev–Trinajstić information content (AvgIpc) is 2.40. The Kier molecular flexibility index (Phi) is 4.33. The molecule has 0 aliphatic carbocycles. The van der Waals surface area contributed by atoms with Gasteiger partial charge in [-0.15, -0.1) is 0 Å². The predicted octanol–water partition coefficient (Wildman–Crippen LogP) is 1.34. The Hall–Kier alpha value is -1.39. The number of morpholine rings is 1. The first-order valence-corrected chi connectivity index (χ1v) is 6.31. The van der Waals surface area contributed by atoms with Crippen LogP contribution in [0.3, 0.4) is 0 Å². The fourth-order valence-electron chi connectivity index (χ4n) is 2.01. The first-order chi connectivity index (χ1) is 8.66. The number of hydrogen-bond acceptors (Lipinski definition) is 3.